The van der Waals surface area contributed by atoms with Crippen LogP contribution in [0, 0.1) is 0 Å². The minimum Gasteiger partial charge on any atom is -1.00 e. The average Bonchev–Trinajstić information content (AvgIpc) is 2.66. The summed E-state index contributed by atoms with van der Waals surface area (Å²) in [5.41, 5.74) is 0. The number of hydrogen-bond donors (Lipinski definition) is 1. The van der Waals surface area contributed by atoms with E-state index in [1.165, 1.54) is 0 Å². The molecule has 0 aromatic heterocycles. The van der Waals surface area contributed by atoms with Crippen LogP contribution >= 0.6 is 0 Å². The minimum atomic E-state index is -0.865. The molecule has 156 valence electrons. The number of hydrogen-bond acceptors (Lipinski definition) is 2. The number of rotatable bonds is 17. The molecular formula is C24H40MgO3. The van der Waals surface area contributed by atoms with Crippen molar-refractivity contribution < 1.29 is 17.5 Å². The number of carbonyl (C=O) groups is 1. The number of allylic oxidation sites excluding steroid dienone is 10. The van der Waals surface area contributed by atoms with Gasteiger partial charge in [-0.1, -0.05) is 74.6 Å². The van der Waals surface area contributed by atoms with Crippen LogP contribution in [0.5, 0.6) is 0 Å². The Labute approximate surface area is 191 Å². The Morgan fingerprint density at radius 2 is 1.29 bits per heavy atom. The summed E-state index contributed by atoms with van der Waals surface area (Å²) >= 11 is 0. The first-order chi connectivity index (χ1) is 13.2. The fraction of sp³-hybridized carbons (Fsp3) is 0.542. The van der Waals surface area contributed by atoms with E-state index in [4.69, 9.17) is 9.84 Å². The zero-order valence-electron chi connectivity index (χ0n) is 19.9. The van der Waals surface area contributed by atoms with Crippen LogP contribution in [0.15, 0.2) is 60.8 Å². The molecule has 1 N–H and O–H groups in total. The molecule has 0 bridgehead atoms. The molecule has 3 nitrogen and oxygen atoms in total. The van der Waals surface area contributed by atoms with Crippen LogP contribution in [0.25, 0.3) is 0 Å². The number of carboxylic acids is 1. The van der Waals surface area contributed by atoms with E-state index in [9.17, 15) is 4.79 Å². The molecule has 0 fully saturated rings. The van der Waals surface area contributed by atoms with E-state index < -0.39 is 12.1 Å². The molecule has 0 amide bonds. The Morgan fingerprint density at radius 1 is 0.821 bits per heavy atom. The molecule has 0 rings (SSSR count). The number of unbranched alkanes of at least 4 members (excludes halogenated alkanes) is 2. The van der Waals surface area contributed by atoms with Gasteiger partial charge in [0.1, 0.15) is 0 Å². The van der Waals surface area contributed by atoms with E-state index in [0.717, 1.165) is 51.4 Å². The van der Waals surface area contributed by atoms with Crippen molar-refractivity contribution in [3.8, 4) is 0 Å². The molecule has 0 aliphatic rings. The van der Waals surface area contributed by atoms with Crippen LogP contribution in [0.3, 0.4) is 0 Å². The van der Waals surface area contributed by atoms with Gasteiger partial charge in [0.15, 0.2) is 6.10 Å². The number of carboxylic acid groups (broad SMARTS) is 1. The largest absolute Gasteiger partial charge is 2.00 e. The van der Waals surface area contributed by atoms with Crippen LogP contribution in [-0.2, 0) is 9.53 Å². The molecule has 0 radical (unpaired) electrons. The third-order valence-corrected chi connectivity index (χ3v) is 3.89. The normalized spacial score (nSPS) is 13.4. The molecule has 0 heterocycles. The third-order valence-electron chi connectivity index (χ3n) is 3.89. The first-order valence-electron chi connectivity index (χ1n) is 10.3. The smallest absolute Gasteiger partial charge is 1.00 e. The van der Waals surface area contributed by atoms with Crippen molar-refractivity contribution in [1.82, 2.24) is 0 Å². The molecule has 4 heteroatoms. The topological polar surface area (TPSA) is 46.5 Å². The molecule has 1 unspecified atom stereocenters. The average molecular weight is 401 g/mol. The summed E-state index contributed by atoms with van der Waals surface area (Å²) in [7, 11) is 0. The molecule has 0 aliphatic heterocycles. The molecular weight excluding hydrogens is 361 g/mol. The van der Waals surface area contributed by atoms with Gasteiger partial charge in [0.2, 0.25) is 0 Å². The zero-order chi connectivity index (χ0) is 20.0. The second-order valence-electron chi connectivity index (χ2n) is 6.31. The standard InChI is InChI=1S/C24H38O3.Mg.2H/c1-3-5-6-7-8-9-10-11-12-13-14-15-16-17-18-19-20-21-22-27-23(4-2)24(25)26;;;/h5-6,8-9,11-12,14-15,17-18,23H,3-4,7,10,13,16,19-22H2,1-2H3,(H,25,26);;;/q;+2;2*-1. The summed E-state index contributed by atoms with van der Waals surface area (Å²) in [5.74, 6) is -0.865. The molecule has 0 saturated carbocycles. The molecule has 0 aliphatic carbocycles. The number of aliphatic carboxylic acids is 1. The second-order valence-corrected chi connectivity index (χ2v) is 6.31. The predicted octanol–water partition coefficient (Wildman–Crippen LogP) is 6.63. The Bertz CT molecular complexity index is 501. The Morgan fingerprint density at radius 3 is 1.71 bits per heavy atom. The van der Waals surface area contributed by atoms with Crippen LogP contribution in [0.2, 0.25) is 0 Å². The van der Waals surface area contributed by atoms with E-state index in [2.05, 4.69) is 67.7 Å². The van der Waals surface area contributed by atoms with Gasteiger partial charge >= 0.3 is 29.0 Å². The summed E-state index contributed by atoms with van der Waals surface area (Å²) in [6, 6.07) is 0. The number of ether oxygens (including phenoxy) is 1. The van der Waals surface area contributed by atoms with Crippen molar-refractivity contribution in [2.75, 3.05) is 6.61 Å². The fourth-order valence-electron chi connectivity index (χ4n) is 2.32. The van der Waals surface area contributed by atoms with Crippen molar-refractivity contribution in [3.05, 3.63) is 60.8 Å². The Balaban J connectivity index is -0.00000113. The van der Waals surface area contributed by atoms with E-state index in [1.54, 1.807) is 0 Å². The first kappa shape index (κ1) is 29.1. The maximum absolute atomic E-state index is 10.8. The molecule has 0 aromatic rings. The van der Waals surface area contributed by atoms with Gasteiger partial charge < -0.3 is 12.7 Å². The predicted molar refractivity (Wildman–Crippen MR) is 124 cm³/mol. The van der Waals surface area contributed by atoms with Gasteiger partial charge in [-0.15, -0.1) is 0 Å². The van der Waals surface area contributed by atoms with Gasteiger partial charge in [-0.25, -0.2) is 4.79 Å². The van der Waals surface area contributed by atoms with Crippen molar-refractivity contribution in [2.24, 2.45) is 0 Å². The first-order valence-corrected chi connectivity index (χ1v) is 10.3. The van der Waals surface area contributed by atoms with Gasteiger partial charge in [0.05, 0.1) is 0 Å². The molecule has 0 spiro atoms. The van der Waals surface area contributed by atoms with Gasteiger partial charge in [0.25, 0.3) is 0 Å². The van der Waals surface area contributed by atoms with Crippen LogP contribution < -0.4 is 0 Å². The third kappa shape index (κ3) is 21.2. The van der Waals surface area contributed by atoms with Crippen molar-refractivity contribution in [1.29, 1.82) is 0 Å². The summed E-state index contributed by atoms with van der Waals surface area (Å²) in [6.45, 7) is 4.50. The Kier molecular flexibility index (Phi) is 24.9. The molecule has 0 aromatic carbocycles. The van der Waals surface area contributed by atoms with Crippen molar-refractivity contribution >= 4 is 29.0 Å². The maximum atomic E-state index is 10.8. The maximum Gasteiger partial charge on any atom is 2.00 e. The molecule has 0 saturated heterocycles. The molecule has 28 heavy (non-hydrogen) atoms. The van der Waals surface area contributed by atoms with Gasteiger partial charge in [0, 0.05) is 6.61 Å². The SMILES string of the molecule is CCC=CCC=CCC=CCC=CCC=CCCCCOC(CC)C(=O)O.[H-].[H-].[Mg+2]. The zero-order valence-corrected chi connectivity index (χ0v) is 19.3. The van der Waals surface area contributed by atoms with Crippen LogP contribution in [-0.4, -0.2) is 46.8 Å². The monoisotopic (exact) mass is 400 g/mol. The van der Waals surface area contributed by atoms with E-state index in [1.807, 2.05) is 6.92 Å². The summed E-state index contributed by atoms with van der Waals surface area (Å²) < 4.78 is 5.33. The molecule has 1 atom stereocenters. The summed E-state index contributed by atoms with van der Waals surface area (Å²) in [4.78, 5) is 10.8. The van der Waals surface area contributed by atoms with Crippen LogP contribution in [0.4, 0.5) is 0 Å². The second kappa shape index (κ2) is 23.9. The van der Waals surface area contributed by atoms with Gasteiger partial charge in [-0.2, -0.15) is 0 Å². The fourth-order valence-corrected chi connectivity index (χ4v) is 2.32. The van der Waals surface area contributed by atoms with E-state index >= 15 is 0 Å². The van der Waals surface area contributed by atoms with Crippen LogP contribution in [0.1, 0.15) is 74.5 Å². The van der Waals surface area contributed by atoms with Crippen molar-refractivity contribution in [3.63, 3.8) is 0 Å². The van der Waals surface area contributed by atoms with Gasteiger partial charge in [-0.3, -0.25) is 0 Å². The van der Waals surface area contributed by atoms with Crippen molar-refractivity contribution in [2.45, 2.75) is 77.7 Å². The quantitative estimate of drug-likeness (QED) is 0.169. The minimum absolute atomic E-state index is 0. The Hall–Kier alpha value is -1.10. The van der Waals surface area contributed by atoms with E-state index in [0.29, 0.717) is 13.0 Å². The summed E-state index contributed by atoms with van der Waals surface area (Å²) in [6.07, 6.45) is 29.9. The summed E-state index contributed by atoms with van der Waals surface area (Å²) in [5, 5.41) is 8.87. The van der Waals surface area contributed by atoms with E-state index in [-0.39, 0.29) is 25.9 Å². The van der Waals surface area contributed by atoms with Gasteiger partial charge in [-0.05, 0) is 57.8 Å².